The molecule has 0 saturated carbocycles. The minimum Gasteiger partial charge on any atom is -0.452 e. The maximum Gasteiger partial charge on any atom is 0.338 e. The van der Waals surface area contributed by atoms with Crippen molar-refractivity contribution in [3.8, 4) is 5.69 Å². The number of esters is 1. The quantitative estimate of drug-likeness (QED) is 0.620. The van der Waals surface area contributed by atoms with Gasteiger partial charge >= 0.3 is 5.97 Å². The van der Waals surface area contributed by atoms with Crippen LogP contribution in [0.4, 0.5) is 0 Å². The molecule has 0 unspecified atom stereocenters. The molecular formula is C21H21N5O3. The summed E-state index contributed by atoms with van der Waals surface area (Å²) in [6.07, 6.45) is 4.44. The highest BCUT2D eigenvalue weighted by atomic mass is 16.5. The van der Waals surface area contributed by atoms with Crippen LogP contribution in [0.3, 0.4) is 0 Å². The van der Waals surface area contributed by atoms with Crippen LogP contribution in [-0.2, 0) is 16.0 Å². The molecule has 0 aliphatic heterocycles. The monoisotopic (exact) mass is 391 g/mol. The maximum absolute atomic E-state index is 12.6. The first-order valence-corrected chi connectivity index (χ1v) is 9.47. The van der Waals surface area contributed by atoms with Crippen LogP contribution in [0.15, 0.2) is 54.9 Å². The topological polar surface area (TPSA) is 90.2 Å². The molecule has 0 N–H and O–H groups in total. The summed E-state index contributed by atoms with van der Waals surface area (Å²) in [6.45, 7) is -0.289. The molecule has 29 heavy (non-hydrogen) atoms. The molecule has 148 valence electrons. The summed E-state index contributed by atoms with van der Waals surface area (Å²) in [5, 5.41) is 10.9. The predicted molar refractivity (Wildman–Crippen MR) is 104 cm³/mol. The fraction of sp³-hybridized carbons (Fsp3) is 0.286. The van der Waals surface area contributed by atoms with Crippen LogP contribution in [0.2, 0.25) is 0 Å². The van der Waals surface area contributed by atoms with E-state index in [2.05, 4.69) is 27.7 Å². The van der Waals surface area contributed by atoms with Crippen molar-refractivity contribution in [2.24, 2.45) is 0 Å². The highest BCUT2D eigenvalue weighted by Crippen LogP contribution is 2.33. The van der Waals surface area contributed by atoms with Crippen molar-refractivity contribution in [3.05, 3.63) is 71.5 Å². The summed E-state index contributed by atoms with van der Waals surface area (Å²) in [5.41, 5.74) is 3.54. The van der Waals surface area contributed by atoms with Gasteiger partial charge in [-0.1, -0.05) is 24.3 Å². The van der Waals surface area contributed by atoms with E-state index in [9.17, 15) is 9.59 Å². The first kappa shape index (κ1) is 18.8. The summed E-state index contributed by atoms with van der Waals surface area (Å²) in [7, 11) is 1.77. The predicted octanol–water partition coefficient (Wildman–Crippen LogP) is 2.36. The second kappa shape index (κ2) is 8.22. The van der Waals surface area contributed by atoms with Crippen LogP contribution in [-0.4, -0.2) is 50.6 Å². The zero-order valence-electron chi connectivity index (χ0n) is 16.1. The zero-order chi connectivity index (χ0) is 20.2. The Balaban J connectivity index is 1.36. The van der Waals surface area contributed by atoms with E-state index >= 15 is 0 Å². The summed E-state index contributed by atoms with van der Waals surface area (Å²) < 4.78 is 6.72. The smallest absolute Gasteiger partial charge is 0.338 e. The van der Waals surface area contributed by atoms with E-state index in [1.54, 1.807) is 36.2 Å². The van der Waals surface area contributed by atoms with Crippen molar-refractivity contribution in [3.63, 3.8) is 0 Å². The van der Waals surface area contributed by atoms with Gasteiger partial charge in [0, 0.05) is 7.05 Å². The Kier molecular flexibility index (Phi) is 5.33. The van der Waals surface area contributed by atoms with Gasteiger partial charge in [-0.25, -0.2) is 9.48 Å². The zero-order valence-corrected chi connectivity index (χ0v) is 16.1. The van der Waals surface area contributed by atoms with Crippen molar-refractivity contribution >= 4 is 11.9 Å². The van der Waals surface area contributed by atoms with E-state index in [4.69, 9.17) is 4.74 Å². The molecule has 4 rings (SSSR count). The highest BCUT2D eigenvalue weighted by molar-refractivity contribution is 5.91. The van der Waals surface area contributed by atoms with Gasteiger partial charge in [0.1, 0.15) is 6.33 Å². The fourth-order valence-electron chi connectivity index (χ4n) is 3.65. The summed E-state index contributed by atoms with van der Waals surface area (Å²) in [5.74, 6) is -0.760. The molecule has 2 aromatic carbocycles. The van der Waals surface area contributed by atoms with Crippen LogP contribution in [0, 0.1) is 0 Å². The molecule has 8 heteroatoms. The lowest BCUT2D eigenvalue weighted by atomic mass is 9.87. The lowest BCUT2D eigenvalue weighted by Crippen LogP contribution is -2.36. The number of aromatic nitrogens is 4. The summed E-state index contributed by atoms with van der Waals surface area (Å²) in [4.78, 5) is 26.6. The van der Waals surface area contributed by atoms with Gasteiger partial charge in [0.2, 0.25) is 0 Å². The SMILES string of the molecule is CN(C(=O)COC(=O)c1ccc(-n2cnnn2)cc1)[C@H]1CCCc2ccccc21. The van der Waals surface area contributed by atoms with Crippen molar-refractivity contribution < 1.29 is 14.3 Å². The van der Waals surface area contributed by atoms with Gasteiger partial charge in [0.15, 0.2) is 6.61 Å². The number of hydrogen-bond donors (Lipinski definition) is 0. The van der Waals surface area contributed by atoms with Crippen LogP contribution < -0.4 is 0 Å². The van der Waals surface area contributed by atoms with Crippen molar-refractivity contribution in [1.82, 2.24) is 25.1 Å². The molecule has 1 aromatic heterocycles. The first-order chi connectivity index (χ1) is 14.1. The van der Waals surface area contributed by atoms with E-state index in [1.165, 1.54) is 22.1 Å². The van der Waals surface area contributed by atoms with Gasteiger partial charge in [-0.3, -0.25) is 4.79 Å². The summed E-state index contributed by atoms with van der Waals surface area (Å²) in [6, 6.07) is 14.9. The minimum atomic E-state index is -0.543. The van der Waals surface area contributed by atoms with E-state index in [0.29, 0.717) is 5.56 Å². The minimum absolute atomic E-state index is 0.0155. The largest absolute Gasteiger partial charge is 0.452 e. The highest BCUT2D eigenvalue weighted by Gasteiger charge is 2.27. The molecule has 0 radical (unpaired) electrons. The second-order valence-electron chi connectivity index (χ2n) is 6.99. The Hall–Kier alpha value is -3.55. The average molecular weight is 391 g/mol. The Labute approximate surface area is 168 Å². The van der Waals surface area contributed by atoms with Gasteiger partial charge in [-0.05, 0) is 65.1 Å². The van der Waals surface area contributed by atoms with Crippen LogP contribution in [0.5, 0.6) is 0 Å². The normalized spacial score (nSPS) is 15.4. The van der Waals surface area contributed by atoms with E-state index in [-0.39, 0.29) is 18.6 Å². The number of nitrogens with zero attached hydrogens (tertiary/aromatic N) is 5. The average Bonchev–Trinajstić information content (AvgIpc) is 3.31. The molecule has 0 fully saturated rings. The third-order valence-corrected chi connectivity index (χ3v) is 5.24. The third-order valence-electron chi connectivity index (χ3n) is 5.24. The number of ether oxygens (including phenoxy) is 1. The van der Waals surface area contributed by atoms with Gasteiger partial charge < -0.3 is 9.64 Å². The number of amides is 1. The molecule has 1 amide bonds. The number of hydrogen-bond acceptors (Lipinski definition) is 6. The van der Waals surface area contributed by atoms with E-state index in [1.807, 2.05) is 12.1 Å². The van der Waals surface area contributed by atoms with Crippen LogP contribution in [0.25, 0.3) is 5.69 Å². The number of aryl methyl sites for hydroxylation is 1. The number of carbonyl (C=O) groups is 2. The number of rotatable bonds is 5. The molecule has 1 aliphatic rings. The Morgan fingerprint density at radius 3 is 2.72 bits per heavy atom. The molecule has 0 spiro atoms. The molecular weight excluding hydrogens is 370 g/mol. The number of benzene rings is 2. The molecule has 1 atom stereocenters. The molecule has 1 heterocycles. The van der Waals surface area contributed by atoms with E-state index < -0.39 is 5.97 Å². The number of fused-ring (bicyclic) bond motifs is 1. The lowest BCUT2D eigenvalue weighted by molar-refractivity contribution is -0.135. The number of carbonyl (C=O) groups excluding carboxylic acids is 2. The van der Waals surface area contributed by atoms with Gasteiger partial charge in [-0.15, -0.1) is 5.10 Å². The molecule has 3 aromatic rings. The van der Waals surface area contributed by atoms with Crippen LogP contribution in [0.1, 0.15) is 40.4 Å². The van der Waals surface area contributed by atoms with E-state index in [0.717, 1.165) is 24.9 Å². The van der Waals surface area contributed by atoms with Crippen molar-refractivity contribution in [1.29, 1.82) is 0 Å². The molecule has 8 nitrogen and oxygen atoms in total. The molecule has 1 aliphatic carbocycles. The van der Waals surface area contributed by atoms with Crippen molar-refractivity contribution in [2.45, 2.75) is 25.3 Å². The number of tetrazole rings is 1. The van der Waals surface area contributed by atoms with Gasteiger partial charge in [-0.2, -0.15) is 0 Å². The Morgan fingerprint density at radius 1 is 1.17 bits per heavy atom. The number of likely N-dealkylation sites (N-methyl/N-ethyl adjacent to an activating group) is 1. The third kappa shape index (κ3) is 4.01. The fourth-order valence-corrected chi connectivity index (χ4v) is 3.65. The lowest BCUT2D eigenvalue weighted by Gasteiger charge is -2.33. The van der Waals surface area contributed by atoms with Gasteiger partial charge in [0.25, 0.3) is 5.91 Å². The Bertz CT molecular complexity index is 1000. The maximum atomic E-state index is 12.6. The van der Waals surface area contributed by atoms with Crippen molar-refractivity contribution in [2.75, 3.05) is 13.7 Å². The Morgan fingerprint density at radius 2 is 1.97 bits per heavy atom. The molecule has 0 saturated heterocycles. The first-order valence-electron chi connectivity index (χ1n) is 9.47. The van der Waals surface area contributed by atoms with Crippen LogP contribution >= 0.6 is 0 Å². The second-order valence-corrected chi connectivity index (χ2v) is 6.99. The van der Waals surface area contributed by atoms with Gasteiger partial charge in [0.05, 0.1) is 17.3 Å². The molecule has 0 bridgehead atoms. The standard InChI is InChI=1S/C21H21N5O3/c1-25(19-8-4-6-15-5-2-3-7-18(15)19)20(27)13-29-21(28)16-9-11-17(12-10-16)26-14-22-23-24-26/h2-3,5,7,9-12,14,19H,4,6,8,13H2,1H3/t19-/m0/s1. The summed E-state index contributed by atoms with van der Waals surface area (Å²) >= 11 is 0.